The zero-order valence-corrected chi connectivity index (χ0v) is 21.3. The Balaban J connectivity index is 2.59. The van der Waals surface area contributed by atoms with Gasteiger partial charge in [-0.15, -0.1) is 0 Å². The Morgan fingerprint density at radius 2 is 1.75 bits per heavy atom. The molecule has 1 aromatic carbocycles. The number of nitrogens with zero attached hydrogens (tertiary/aromatic N) is 2. The summed E-state index contributed by atoms with van der Waals surface area (Å²) in [5.41, 5.74) is 0.265. The number of hydrogen-bond donors (Lipinski definition) is 1. The molecule has 1 amide bonds. The van der Waals surface area contributed by atoms with Crippen molar-refractivity contribution in [1.29, 1.82) is 0 Å². The van der Waals surface area contributed by atoms with Gasteiger partial charge in [0.05, 0.1) is 26.9 Å². The number of carbonyl (C=O) groups excluding carboxylic acids is 1. The van der Waals surface area contributed by atoms with Gasteiger partial charge in [0, 0.05) is 0 Å². The number of ether oxygens (including phenoxy) is 2. The average Bonchev–Trinajstić information content (AvgIpc) is 3.05. The third-order valence-corrected chi connectivity index (χ3v) is 6.78. The van der Waals surface area contributed by atoms with Crippen molar-refractivity contribution in [2.24, 2.45) is 0 Å². The number of benzene rings is 1. The topological polar surface area (TPSA) is 101 Å². The predicted octanol–water partition coefficient (Wildman–Crippen LogP) is 4.90. The largest absolute Gasteiger partial charge is 0.497 e. The van der Waals surface area contributed by atoms with E-state index in [0.717, 1.165) is 11.3 Å². The van der Waals surface area contributed by atoms with Crippen LogP contribution < -0.4 is 15.5 Å². The highest BCUT2D eigenvalue weighted by Crippen LogP contribution is 2.49. The second-order valence-corrected chi connectivity index (χ2v) is 10.4. The van der Waals surface area contributed by atoms with Gasteiger partial charge in [0.25, 0.3) is 0 Å². The van der Waals surface area contributed by atoms with Gasteiger partial charge in [-0.25, -0.2) is 9.78 Å². The monoisotopic (exact) mass is 485 g/mol. The molecule has 0 unspecified atom stereocenters. The second-order valence-electron chi connectivity index (χ2n) is 7.66. The number of carbonyl (C=O) groups is 1. The van der Waals surface area contributed by atoms with E-state index in [-0.39, 0.29) is 24.5 Å². The highest BCUT2D eigenvalue weighted by atomic mass is 32.2. The smallest absolute Gasteiger partial charge is 0.413 e. The molecule has 0 radical (unpaired) electrons. The lowest BCUT2D eigenvalue weighted by atomic mass is 10.2. The number of thioether (sulfide) groups is 1. The quantitative estimate of drug-likeness (QED) is 0.375. The molecule has 1 N–H and O–H groups in total. The molecule has 0 atom stereocenters. The van der Waals surface area contributed by atoms with E-state index in [1.807, 2.05) is 30.5 Å². The van der Waals surface area contributed by atoms with Crippen LogP contribution in [-0.4, -0.2) is 47.8 Å². The van der Waals surface area contributed by atoms with Crippen molar-refractivity contribution in [3.8, 4) is 5.75 Å². The molecule has 32 heavy (non-hydrogen) atoms. The van der Waals surface area contributed by atoms with Gasteiger partial charge in [-0.1, -0.05) is 23.9 Å². The fourth-order valence-corrected chi connectivity index (χ4v) is 5.13. The van der Waals surface area contributed by atoms with Crippen molar-refractivity contribution < 1.29 is 27.9 Å². The minimum absolute atomic E-state index is 0.0462. The Labute approximate surface area is 193 Å². The molecule has 1 aromatic heterocycles. The van der Waals surface area contributed by atoms with Gasteiger partial charge in [-0.05, 0) is 58.6 Å². The van der Waals surface area contributed by atoms with E-state index >= 15 is 0 Å². The summed E-state index contributed by atoms with van der Waals surface area (Å²) in [7, 11) is -2.19. The molecule has 0 saturated carbocycles. The molecule has 0 aliphatic rings. The van der Waals surface area contributed by atoms with E-state index < -0.39 is 19.3 Å². The lowest BCUT2D eigenvalue weighted by molar-refractivity contribution is 0.0634. The van der Waals surface area contributed by atoms with Gasteiger partial charge >= 0.3 is 13.7 Å². The van der Waals surface area contributed by atoms with E-state index in [4.69, 9.17) is 18.5 Å². The fourth-order valence-electron chi connectivity index (χ4n) is 2.85. The fraction of sp³-hybridized carbons (Fsp3) is 0.524. The van der Waals surface area contributed by atoms with Gasteiger partial charge in [-0.2, -0.15) is 0 Å². The predicted molar refractivity (Wildman–Crippen MR) is 126 cm³/mol. The molecular weight excluding hydrogens is 453 g/mol. The van der Waals surface area contributed by atoms with Crippen LogP contribution in [0.2, 0.25) is 0 Å². The zero-order chi connectivity index (χ0) is 23.9. The van der Waals surface area contributed by atoms with Gasteiger partial charge < -0.3 is 23.1 Å². The molecule has 0 fully saturated rings. The van der Waals surface area contributed by atoms with Gasteiger partial charge in [0.2, 0.25) is 0 Å². The maximum atomic E-state index is 13.6. The number of aromatic nitrogens is 2. The first kappa shape index (κ1) is 26.3. The van der Waals surface area contributed by atoms with Gasteiger partial charge in [0.15, 0.2) is 16.4 Å². The summed E-state index contributed by atoms with van der Waals surface area (Å²) in [4.78, 5) is 17.2. The Morgan fingerprint density at radius 1 is 1.16 bits per heavy atom. The molecule has 0 saturated heterocycles. The number of rotatable bonds is 10. The van der Waals surface area contributed by atoms with Crippen LogP contribution in [0, 0.1) is 0 Å². The normalized spacial score (nSPS) is 12.0. The molecular formula is C21H32N3O6PS. The number of hydrogen-bond acceptors (Lipinski definition) is 8. The van der Waals surface area contributed by atoms with Crippen LogP contribution in [0.3, 0.4) is 0 Å². The molecule has 2 rings (SSSR count). The van der Waals surface area contributed by atoms with Crippen molar-refractivity contribution in [3.05, 3.63) is 29.8 Å². The minimum atomic E-state index is -3.79. The zero-order valence-electron chi connectivity index (χ0n) is 19.6. The molecule has 0 aliphatic heterocycles. The van der Waals surface area contributed by atoms with Crippen molar-refractivity contribution >= 4 is 36.7 Å². The Hall–Kier alpha value is -2.00. The van der Waals surface area contributed by atoms with Crippen molar-refractivity contribution in [3.63, 3.8) is 0 Å². The summed E-state index contributed by atoms with van der Waals surface area (Å²) in [6.45, 7) is 9.40. The van der Waals surface area contributed by atoms with Gasteiger partial charge in [0.1, 0.15) is 11.4 Å². The van der Waals surface area contributed by atoms with E-state index in [9.17, 15) is 9.36 Å². The summed E-state index contributed by atoms with van der Waals surface area (Å²) in [5, 5.41) is 3.27. The molecule has 178 valence electrons. The second kappa shape index (κ2) is 11.2. The molecule has 0 bridgehead atoms. The van der Waals surface area contributed by atoms with E-state index in [1.165, 1.54) is 11.8 Å². The highest BCUT2D eigenvalue weighted by Gasteiger charge is 2.37. The first-order chi connectivity index (χ1) is 15.1. The third kappa shape index (κ3) is 6.75. The van der Waals surface area contributed by atoms with Crippen molar-refractivity contribution in [2.75, 3.05) is 31.9 Å². The third-order valence-electron chi connectivity index (χ3n) is 4.07. The number of nitrogens with one attached hydrogen (secondary N) is 1. The van der Waals surface area contributed by atoms with E-state index in [1.54, 1.807) is 46.3 Å². The van der Waals surface area contributed by atoms with Crippen LogP contribution in [0.5, 0.6) is 5.75 Å². The summed E-state index contributed by atoms with van der Waals surface area (Å²) < 4.78 is 37.0. The number of methoxy groups -OCH3 is 1. The maximum absolute atomic E-state index is 13.6. The van der Waals surface area contributed by atoms with Crippen LogP contribution in [0.15, 0.2) is 29.4 Å². The Kier molecular flexibility index (Phi) is 9.21. The first-order valence-corrected chi connectivity index (χ1v) is 13.0. The number of amides is 1. The highest BCUT2D eigenvalue weighted by molar-refractivity contribution is 7.98. The SMILES string of the molecule is CCOP(=O)(OCC)c1nc(SC)n(Cc2ccc(OC)cc2)c1NC(=O)OC(C)(C)C. The molecule has 9 nitrogen and oxygen atoms in total. The lowest BCUT2D eigenvalue weighted by Crippen LogP contribution is -2.30. The number of imidazole rings is 1. The molecule has 2 aromatic rings. The van der Waals surface area contributed by atoms with Crippen LogP contribution in [0.1, 0.15) is 40.2 Å². The lowest BCUT2D eigenvalue weighted by Gasteiger charge is -2.21. The Morgan fingerprint density at radius 3 is 2.22 bits per heavy atom. The summed E-state index contributed by atoms with van der Waals surface area (Å²) in [6.07, 6.45) is 1.15. The van der Waals surface area contributed by atoms with Crippen molar-refractivity contribution in [1.82, 2.24) is 9.55 Å². The summed E-state index contributed by atoms with van der Waals surface area (Å²) in [6, 6.07) is 7.51. The summed E-state index contributed by atoms with van der Waals surface area (Å²) in [5.74, 6) is 0.944. The van der Waals surface area contributed by atoms with Gasteiger partial charge in [-0.3, -0.25) is 9.88 Å². The maximum Gasteiger partial charge on any atom is 0.413 e. The molecule has 11 heteroatoms. The van der Waals surface area contributed by atoms with E-state index in [0.29, 0.717) is 11.7 Å². The standard InChI is InChI=1S/C21H32N3O6PS/c1-8-28-31(26,29-9-2)18-17(22-20(25)30-21(3,4)5)24(19(23-18)32-7)14-15-10-12-16(27-6)13-11-15/h10-13H,8-9,14H2,1-7H3,(H,22,25). The van der Waals surface area contributed by atoms with Crippen molar-refractivity contribution in [2.45, 2.75) is 51.9 Å². The van der Waals surface area contributed by atoms with Crippen LogP contribution >= 0.6 is 19.4 Å². The van der Waals surface area contributed by atoms with Crippen LogP contribution in [0.4, 0.5) is 10.6 Å². The molecule has 1 heterocycles. The number of anilines is 1. The summed E-state index contributed by atoms with van der Waals surface area (Å²) >= 11 is 1.35. The van der Waals surface area contributed by atoms with Crippen LogP contribution in [0.25, 0.3) is 0 Å². The molecule has 0 aliphatic carbocycles. The van der Waals surface area contributed by atoms with E-state index in [2.05, 4.69) is 10.3 Å². The average molecular weight is 486 g/mol. The minimum Gasteiger partial charge on any atom is -0.497 e. The van der Waals surface area contributed by atoms with Crippen LogP contribution in [-0.2, 0) is 24.9 Å². The molecule has 0 spiro atoms. The first-order valence-electron chi connectivity index (χ1n) is 10.2. The Bertz CT molecular complexity index is 946.